The highest BCUT2D eigenvalue weighted by Crippen LogP contribution is 2.26. The predicted octanol–water partition coefficient (Wildman–Crippen LogP) is 2.62. The van der Waals surface area contributed by atoms with Crippen LogP contribution in [0.25, 0.3) is 0 Å². The van der Waals surface area contributed by atoms with Crippen LogP contribution in [0.4, 0.5) is 0 Å². The molecule has 0 saturated carbocycles. The zero-order valence-electron chi connectivity index (χ0n) is 14.3. The molecule has 0 N–H and O–H groups in total. The Balaban J connectivity index is 1.67. The number of rotatable bonds is 5. The first-order valence-electron chi connectivity index (χ1n) is 8.55. The molecule has 1 atom stereocenters. The van der Waals surface area contributed by atoms with E-state index in [0.717, 1.165) is 37.4 Å². The number of amides is 1. The second kappa shape index (κ2) is 7.47. The van der Waals surface area contributed by atoms with E-state index in [1.165, 1.54) is 0 Å². The number of nitrogens with zero attached hydrogens (tertiary/aromatic N) is 4. The van der Waals surface area contributed by atoms with Gasteiger partial charge < -0.3 is 14.2 Å². The molecule has 1 saturated heterocycles. The van der Waals surface area contributed by atoms with E-state index in [1.54, 1.807) is 6.33 Å². The second-order valence-electron chi connectivity index (χ2n) is 6.26. The third-order valence-electron chi connectivity index (χ3n) is 4.39. The molecule has 1 aliphatic heterocycles. The lowest BCUT2D eigenvalue weighted by atomic mass is 9.96. The van der Waals surface area contributed by atoms with Crippen LogP contribution in [0.15, 0.2) is 30.6 Å². The van der Waals surface area contributed by atoms with Crippen molar-refractivity contribution in [3.63, 3.8) is 0 Å². The predicted molar refractivity (Wildman–Crippen MR) is 91.1 cm³/mol. The average Bonchev–Trinajstić information content (AvgIpc) is 3.06. The number of carbonyl (C=O) groups excluding carboxylic acids is 1. The molecule has 0 spiro atoms. The summed E-state index contributed by atoms with van der Waals surface area (Å²) in [6.45, 7) is 4.25. The van der Waals surface area contributed by atoms with Gasteiger partial charge in [-0.15, -0.1) is 10.2 Å². The van der Waals surface area contributed by atoms with E-state index < -0.39 is 0 Å². The Bertz CT molecular complexity index is 681. The van der Waals surface area contributed by atoms with Crippen LogP contribution in [-0.2, 0) is 7.05 Å². The van der Waals surface area contributed by atoms with Crippen LogP contribution in [0.2, 0.25) is 0 Å². The molecule has 1 fully saturated rings. The van der Waals surface area contributed by atoms with Gasteiger partial charge in [0.1, 0.15) is 17.9 Å². The molecule has 0 aliphatic carbocycles. The highest BCUT2D eigenvalue weighted by molar-refractivity contribution is 5.94. The van der Waals surface area contributed by atoms with Crippen LogP contribution in [-0.4, -0.2) is 45.3 Å². The van der Waals surface area contributed by atoms with Crippen LogP contribution in [0.3, 0.4) is 0 Å². The molecule has 6 heteroatoms. The fourth-order valence-corrected chi connectivity index (χ4v) is 3.13. The largest absolute Gasteiger partial charge is 0.494 e. The topological polar surface area (TPSA) is 60.2 Å². The first kappa shape index (κ1) is 16.5. The molecular formula is C18H24N4O2. The Morgan fingerprint density at radius 3 is 2.79 bits per heavy atom. The molecule has 3 rings (SSSR count). The molecule has 1 aromatic carbocycles. The van der Waals surface area contributed by atoms with Gasteiger partial charge in [0.25, 0.3) is 5.91 Å². The lowest BCUT2D eigenvalue weighted by Gasteiger charge is -2.32. The lowest BCUT2D eigenvalue weighted by Crippen LogP contribution is -2.39. The summed E-state index contributed by atoms with van der Waals surface area (Å²) in [5.74, 6) is 2.09. The second-order valence-corrected chi connectivity index (χ2v) is 6.26. The molecule has 1 aromatic heterocycles. The first-order chi connectivity index (χ1) is 11.7. The van der Waals surface area contributed by atoms with Crippen molar-refractivity contribution in [2.75, 3.05) is 19.7 Å². The normalized spacial score (nSPS) is 17.8. The van der Waals surface area contributed by atoms with E-state index in [0.29, 0.717) is 18.7 Å². The molecule has 0 radical (unpaired) electrons. The summed E-state index contributed by atoms with van der Waals surface area (Å²) in [4.78, 5) is 14.7. The van der Waals surface area contributed by atoms with E-state index in [2.05, 4.69) is 17.1 Å². The number of piperidine rings is 1. The summed E-state index contributed by atoms with van der Waals surface area (Å²) in [5, 5.41) is 8.16. The average molecular weight is 328 g/mol. The van der Waals surface area contributed by atoms with Crippen molar-refractivity contribution >= 4 is 5.91 Å². The van der Waals surface area contributed by atoms with Gasteiger partial charge in [-0.25, -0.2) is 0 Å². The fourth-order valence-electron chi connectivity index (χ4n) is 3.13. The molecule has 0 bridgehead atoms. The monoisotopic (exact) mass is 328 g/mol. The van der Waals surface area contributed by atoms with Gasteiger partial charge in [0.2, 0.25) is 0 Å². The van der Waals surface area contributed by atoms with Crippen LogP contribution in [0.5, 0.6) is 5.75 Å². The summed E-state index contributed by atoms with van der Waals surface area (Å²) >= 11 is 0. The molecule has 1 amide bonds. The van der Waals surface area contributed by atoms with Gasteiger partial charge in [-0.05, 0) is 43.5 Å². The zero-order chi connectivity index (χ0) is 16.9. The van der Waals surface area contributed by atoms with Crippen LogP contribution < -0.4 is 4.74 Å². The number of aromatic nitrogens is 3. The van der Waals surface area contributed by atoms with Crippen LogP contribution in [0.1, 0.15) is 48.3 Å². The highest BCUT2D eigenvalue weighted by Gasteiger charge is 2.27. The maximum Gasteiger partial charge on any atom is 0.253 e. The third kappa shape index (κ3) is 3.58. The van der Waals surface area contributed by atoms with E-state index in [1.807, 2.05) is 40.8 Å². The van der Waals surface area contributed by atoms with Gasteiger partial charge in [-0.3, -0.25) is 4.79 Å². The first-order valence-corrected chi connectivity index (χ1v) is 8.55. The summed E-state index contributed by atoms with van der Waals surface area (Å²) in [7, 11) is 1.95. The van der Waals surface area contributed by atoms with Gasteiger partial charge >= 0.3 is 0 Å². The number of hydrogen-bond donors (Lipinski definition) is 0. The lowest BCUT2D eigenvalue weighted by molar-refractivity contribution is 0.0703. The fraction of sp³-hybridized carbons (Fsp3) is 0.500. The number of carbonyl (C=O) groups is 1. The van der Waals surface area contributed by atoms with Gasteiger partial charge in [0, 0.05) is 31.6 Å². The van der Waals surface area contributed by atoms with Crippen molar-refractivity contribution in [3.05, 3.63) is 42.0 Å². The number of hydrogen-bond acceptors (Lipinski definition) is 4. The summed E-state index contributed by atoms with van der Waals surface area (Å²) in [6, 6.07) is 7.43. The third-order valence-corrected chi connectivity index (χ3v) is 4.39. The van der Waals surface area contributed by atoms with Crippen molar-refractivity contribution in [3.8, 4) is 5.75 Å². The van der Waals surface area contributed by atoms with E-state index in [9.17, 15) is 4.79 Å². The maximum atomic E-state index is 12.8. The molecule has 24 heavy (non-hydrogen) atoms. The molecule has 0 unspecified atom stereocenters. The maximum absolute atomic E-state index is 12.8. The van der Waals surface area contributed by atoms with E-state index in [-0.39, 0.29) is 11.8 Å². The summed E-state index contributed by atoms with van der Waals surface area (Å²) in [5.41, 5.74) is 0.706. The Labute approximate surface area is 142 Å². The van der Waals surface area contributed by atoms with Crippen molar-refractivity contribution in [2.45, 2.75) is 32.1 Å². The summed E-state index contributed by atoms with van der Waals surface area (Å²) in [6.07, 6.45) is 4.71. The Morgan fingerprint density at radius 2 is 2.12 bits per heavy atom. The van der Waals surface area contributed by atoms with E-state index >= 15 is 0 Å². The van der Waals surface area contributed by atoms with Gasteiger partial charge in [0.05, 0.1) is 6.61 Å². The van der Waals surface area contributed by atoms with Crippen molar-refractivity contribution in [1.29, 1.82) is 0 Å². The van der Waals surface area contributed by atoms with Gasteiger partial charge in [0.15, 0.2) is 0 Å². The molecule has 128 valence electrons. The molecule has 2 heterocycles. The zero-order valence-corrected chi connectivity index (χ0v) is 14.3. The van der Waals surface area contributed by atoms with Crippen molar-refractivity contribution in [1.82, 2.24) is 19.7 Å². The summed E-state index contributed by atoms with van der Waals surface area (Å²) < 4.78 is 7.51. The van der Waals surface area contributed by atoms with Gasteiger partial charge in [-0.2, -0.15) is 0 Å². The molecular weight excluding hydrogens is 304 g/mol. The van der Waals surface area contributed by atoms with Gasteiger partial charge in [-0.1, -0.05) is 6.92 Å². The standard InChI is InChI=1S/C18H24N4O2/c1-3-11-24-16-8-6-14(7-9-16)18(23)22-10-4-5-15(12-22)17-20-19-13-21(17)2/h6-9,13,15H,3-5,10-12H2,1-2H3/t15-/m0/s1. The van der Waals surface area contributed by atoms with Crippen molar-refractivity contribution < 1.29 is 9.53 Å². The SMILES string of the molecule is CCCOc1ccc(C(=O)N2CCC[C@H](c3nncn3C)C2)cc1. The number of aryl methyl sites for hydroxylation is 1. The number of likely N-dealkylation sites (tertiary alicyclic amines) is 1. The minimum atomic E-state index is 0.0731. The molecule has 1 aliphatic rings. The smallest absolute Gasteiger partial charge is 0.253 e. The van der Waals surface area contributed by atoms with E-state index in [4.69, 9.17) is 4.74 Å². The van der Waals surface area contributed by atoms with Crippen molar-refractivity contribution in [2.24, 2.45) is 7.05 Å². The minimum absolute atomic E-state index is 0.0731. The quantitative estimate of drug-likeness (QED) is 0.846. The highest BCUT2D eigenvalue weighted by atomic mass is 16.5. The Hall–Kier alpha value is -2.37. The molecule has 2 aromatic rings. The number of ether oxygens (including phenoxy) is 1. The Kier molecular flexibility index (Phi) is 5.13. The minimum Gasteiger partial charge on any atom is -0.494 e. The molecule has 6 nitrogen and oxygen atoms in total. The number of benzene rings is 1. The Morgan fingerprint density at radius 1 is 1.33 bits per heavy atom. The van der Waals surface area contributed by atoms with Crippen LogP contribution >= 0.6 is 0 Å². The van der Waals surface area contributed by atoms with Crippen LogP contribution in [0, 0.1) is 0 Å².